The van der Waals surface area contributed by atoms with E-state index in [0.29, 0.717) is 0 Å². The summed E-state index contributed by atoms with van der Waals surface area (Å²) in [6, 6.07) is 61.2. The summed E-state index contributed by atoms with van der Waals surface area (Å²) in [5.41, 5.74) is 28.2. The molecule has 10 aromatic rings. The molecule has 0 N–H and O–H groups in total. The molecule has 76 heavy (non-hydrogen) atoms. The highest BCUT2D eigenvalue weighted by atomic mass is 16.3. The molecule has 0 radical (unpaired) electrons. The minimum Gasteiger partial charge on any atom is -0.456 e. The third-order valence-electron chi connectivity index (χ3n) is 19.8. The van der Waals surface area contributed by atoms with Gasteiger partial charge in [0.05, 0.1) is 0 Å². The van der Waals surface area contributed by atoms with Crippen molar-refractivity contribution in [2.24, 2.45) is 0 Å². The number of hydrogen-bond donors (Lipinski definition) is 0. The maximum Gasteiger partial charge on any atom is 0.333 e. The van der Waals surface area contributed by atoms with Crippen molar-refractivity contribution >= 4 is 78.9 Å². The van der Waals surface area contributed by atoms with Gasteiger partial charge in [-0.15, -0.1) is 0 Å². The number of benzene rings is 9. The molecule has 3 heterocycles. The topological polar surface area (TPSA) is 19.6 Å². The Kier molecular flexibility index (Phi) is 9.22. The van der Waals surface area contributed by atoms with Gasteiger partial charge in [-0.3, -0.25) is 0 Å². The predicted octanol–water partition coefficient (Wildman–Crippen LogP) is 18.4. The molecule has 374 valence electrons. The van der Waals surface area contributed by atoms with Crippen LogP contribution in [-0.2, 0) is 27.1 Å². The molecule has 0 saturated carbocycles. The maximum atomic E-state index is 7.32. The second-order valence-corrected chi connectivity index (χ2v) is 26.6. The Morgan fingerprint density at radius 2 is 1.00 bits per heavy atom. The molecule has 4 heteroatoms. The molecule has 1 aromatic heterocycles. The molecule has 0 unspecified atom stereocenters. The monoisotopic (exact) mass is 987 g/mol. The van der Waals surface area contributed by atoms with Crippen molar-refractivity contribution in [3.8, 4) is 33.4 Å². The fourth-order valence-electron chi connectivity index (χ4n) is 15.2. The average molecular weight is 987 g/mol. The first-order valence-electron chi connectivity index (χ1n) is 28.1. The van der Waals surface area contributed by atoms with Gasteiger partial charge < -0.3 is 14.1 Å². The molecule has 15 rings (SSSR count). The van der Waals surface area contributed by atoms with Crippen LogP contribution in [0.1, 0.15) is 134 Å². The molecule has 0 saturated heterocycles. The Bertz CT molecular complexity index is 4170. The van der Waals surface area contributed by atoms with E-state index in [4.69, 9.17) is 4.42 Å². The molecule has 0 atom stereocenters. The first kappa shape index (κ1) is 46.0. The molecule has 5 aliphatic rings. The predicted molar refractivity (Wildman–Crippen MR) is 323 cm³/mol. The van der Waals surface area contributed by atoms with Crippen molar-refractivity contribution < 1.29 is 4.42 Å². The normalized spacial score (nSPS) is 18.4. The molecule has 3 nitrogen and oxygen atoms in total. The summed E-state index contributed by atoms with van der Waals surface area (Å²) < 4.78 is 7.32. The zero-order valence-electron chi connectivity index (χ0n) is 46.2. The lowest BCUT2D eigenvalue weighted by atomic mass is 9.42. The van der Waals surface area contributed by atoms with Gasteiger partial charge in [0.1, 0.15) is 11.2 Å². The highest BCUT2D eigenvalue weighted by Crippen LogP contribution is 2.60. The zero-order valence-corrected chi connectivity index (χ0v) is 46.2. The molecule has 9 aromatic carbocycles. The van der Waals surface area contributed by atoms with Crippen LogP contribution in [0.5, 0.6) is 0 Å². The lowest BCUT2D eigenvalue weighted by Crippen LogP contribution is -2.62. The fourth-order valence-corrected chi connectivity index (χ4v) is 15.2. The lowest BCUT2D eigenvalue weighted by molar-refractivity contribution is 0.332. The van der Waals surface area contributed by atoms with Crippen LogP contribution >= 0.6 is 0 Å². The van der Waals surface area contributed by atoms with Crippen LogP contribution in [0.4, 0.5) is 28.4 Å². The van der Waals surface area contributed by atoms with Crippen LogP contribution in [0.2, 0.25) is 0 Å². The summed E-state index contributed by atoms with van der Waals surface area (Å²) in [7, 11) is 0. The van der Waals surface area contributed by atoms with Gasteiger partial charge in [-0.1, -0.05) is 172 Å². The number of fused-ring (bicyclic) bond motifs is 14. The molecule has 0 fully saturated rings. The van der Waals surface area contributed by atoms with Gasteiger partial charge in [0.2, 0.25) is 0 Å². The number of aryl methyl sites for hydroxylation is 1. The number of anilines is 5. The van der Waals surface area contributed by atoms with Crippen molar-refractivity contribution in [1.82, 2.24) is 0 Å². The Labute approximate surface area is 449 Å². The van der Waals surface area contributed by atoms with Gasteiger partial charge in [-0.05, 0) is 191 Å². The highest BCUT2D eigenvalue weighted by Gasteiger charge is 2.51. The van der Waals surface area contributed by atoms with Gasteiger partial charge in [0, 0.05) is 56.3 Å². The number of hydrogen-bond acceptors (Lipinski definition) is 3. The highest BCUT2D eigenvalue weighted by molar-refractivity contribution is 6.94. The number of nitrogens with zero attached hydrogens (tertiary/aromatic N) is 2. The number of furan rings is 1. The second-order valence-electron chi connectivity index (χ2n) is 26.6. The Hall–Kier alpha value is -7.30. The summed E-state index contributed by atoms with van der Waals surface area (Å²) in [6.45, 7) is 26.8. The summed E-state index contributed by atoms with van der Waals surface area (Å²) in [5.74, 6) is 0. The van der Waals surface area contributed by atoms with E-state index >= 15 is 0 Å². The van der Waals surface area contributed by atoms with E-state index in [-0.39, 0.29) is 33.9 Å². The van der Waals surface area contributed by atoms with Crippen LogP contribution in [0, 0.1) is 6.92 Å². The van der Waals surface area contributed by atoms with Crippen molar-refractivity contribution in [3.63, 3.8) is 0 Å². The Balaban J connectivity index is 1.11. The van der Waals surface area contributed by atoms with Crippen LogP contribution < -0.4 is 20.6 Å². The van der Waals surface area contributed by atoms with Crippen molar-refractivity contribution in [1.29, 1.82) is 0 Å². The largest absolute Gasteiger partial charge is 0.456 e. The van der Waals surface area contributed by atoms with Gasteiger partial charge >= 0.3 is 6.85 Å². The SMILES string of the molecule is Cc1cc2c(cc1N1c3cc4oc5cc6c(cc5c4cc3B3c4c(cc5c(c41)C(C)(C)c1ccccc1-5)-c1cc4ccccc4cc1N3c1ccc(-c3ccccc3)cc1)C(C)(C)CCC6(C)C)C(C)(C)CCC2(C)C. The van der Waals surface area contributed by atoms with E-state index < -0.39 is 0 Å². The lowest BCUT2D eigenvalue weighted by Gasteiger charge is -2.48. The molecule has 2 aliphatic heterocycles. The van der Waals surface area contributed by atoms with Crippen LogP contribution in [0.3, 0.4) is 0 Å². The van der Waals surface area contributed by atoms with Gasteiger partial charge in [-0.25, -0.2) is 0 Å². The summed E-state index contributed by atoms with van der Waals surface area (Å²) in [4.78, 5) is 5.46. The van der Waals surface area contributed by atoms with E-state index in [1.807, 2.05) is 0 Å². The van der Waals surface area contributed by atoms with E-state index in [1.165, 1.54) is 140 Å². The minimum absolute atomic E-state index is 0.00803. The smallest absolute Gasteiger partial charge is 0.333 e. The molecule has 0 bridgehead atoms. The molecular weight excluding hydrogens is 920 g/mol. The Morgan fingerprint density at radius 1 is 0.434 bits per heavy atom. The number of rotatable bonds is 3. The molecule has 3 aliphatic carbocycles. The van der Waals surface area contributed by atoms with Gasteiger partial charge in [-0.2, -0.15) is 0 Å². The summed E-state index contributed by atoms with van der Waals surface area (Å²) >= 11 is 0. The van der Waals surface area contributed by atoms with Crippen molar-refractivity contribution in [2.45, 2.75) is 129 Å². The van der Waals surface area contributed by atoms with Crippen molar-refractivity contribution in [2.75, 3.05) is 9.71 Å². The first-order valence-corrected chi connectivity index (χ1v) is 28.1. The van der Waals surface area contributed by atoms with E-state index in [1.54, 1.807) is 0 Å². The molecule has 0 amide bonds. The molecule has 0 spiro atoms. The maximum absolute atomic E-state index is 7.32. The summed E-state index contributed by atoms with van der Waals surface area (Å²) in [6.07, 6.45) is 4.63. The van der Waals surface area contributed by atoms with Crippen molar-refractivity contribution in [3.05, 3.63) is 197 Å². The second kappa shape index (κ2) is 15.2. The summed E-state index contributed by atoms with van der Waals surface area (Å²) in [5, 5.41) is 4.88. The standard InChI is InChI=1S/C72H67BN2O/c1-42-33-55-57(70(6,7)31-29-68(55,2)3)39-60(42)74-62-41-64-51(50-37-56-58(40-63(50)76-64)71(8,9)32-30-69(56,4)5)38-59(62)73-66-53(36-52-48-23-17-18-24-54(48)72(10,11)65(52)67(66)74)49-34-45-21-15-16-22-46(45)35-61(49)75(73)47-27-25-44(26-28-47)43-19-13-12-14-20-43/h12-28,33-41H,29-32H2,1-11H3. The van der Waals surface area contributed by atoms with Gasteiger partial charge in [0.15, 0.2) is 0 Å². The quantitative estimate of drug-likeness (QED) is 0.165. The van der Waals surface area contributed by atoms with E-state index in [9.17, 15) is 0 Å². The molecular formula is C72H67BN2O. The Morgan fingerprint density at radius 3 is 1.70 bits per heavy atom. The van der Waals surface area contributed by atoms with E-state index in [2.05, 4.69) is 244 Å². The zero-order chi connectivity index (χ0) is 52.2. The third-order valence-corrected chi connectivity index (χ3v) is 19.8. The fraction of sp³-hybridized carbons (Fsp3) is 0.278. The third kappa shape index (κ3) is 6.25. The van der Waals surface area contributed by atoms with Crippen LogP contribution in [0.15, 0.2) is 162 Å². The van der Waals surface area contributed by atoms with Crippen LogP contribution in [0.25, 0.3) is 66.1 Å². The van der Waals surface area contributed by atoms with Gasteiger partial charge in [0.25, 0.3) is 0 Å². The minimum atomic E-state index is -0.312. The van der Waals surface area contributed by atoms with Crippen LogP contribution in [-0.4, -0.2) is 6.85 Å². The average Bonchev–Trinajstić information content (AvgIpc) is 4.03. The first-order chi connectivity index (χ1) is 36.3. The van der Waals surface area contributed by atoms with E-state index in [0.717, 1.165) is 30.4 Å².